The number of aromatic nitrogens is 1. The number of H-pyrrole nitrogens is 1. The van der Waals surface area contributed by atoms with Gasteiger partial charge in [-0.25, -0.2) is 0 Å². The van der Waals surface area contributed by atoms with E-state index in [2.05, 4.69) is 4.98 Å². The number of carbonyl (C=O) groups excluding carboxylic acids is 1. The minimum Gasteiger partial charge on any atom is -0.399 e. The van der Waals surface area contributed by atoms with Crippen LogP contribution in [-0.2, 0) is 0 Å². The van der Waals surface area contributed by atoms with E-state index in [9.17, 15) is 4.79 Å². The Morgan fingerprint density at radius 1 is 1.47 bits per heavy atom. The second-order valence-corrected chi connectivity index (χ2v) is 4.96. The molecule has 1 aromatic carbocycles. The molecular weight excluding hydrogens is 242 g/mol. The Bertz CT molecular complexity index is 616. The minimum absolute atomic E-state index is 0.00244. The quantitative estimate of drug-likeness (QED) is 0.725. The molecule has 2 aromatic rings. The highest BCUT2D eigenvalue weighted by Gasteiger charge is 2.33. The van der Waals surface area contributed by atoms with Crippen molar-refractivity contribution in [3.8, 4) is 0 Å². The molecule has 0 atom stereocenters. The van der Waals surface area contributed by atoms with Gasteiger partial charge in [0.1, 0.15) is 0 Å². The fourth-order valence-corrected chi connectivity index (χ4v) is 2.42. The Morgan fingerprint density at radius 2 is 2.26 bits per heavy atom. The minimum atomic E-state index is -0.0208. The number of amides is 1. The van der Waals surface area contributed by atoms with Crippen molar-refractivity contribution in [2.24, 2.45) is 0 Å². The van der Waals surface area contributed by atoms with E-state index in [-0.39, 0.29) is 12.5 Å². The molecule has 0 spiro atoms. The second kappa shape index (κ2) is 4.59. The van der Waals surface area contributed by atoms with Gasteiger partial charge in [-0.15, -0.1) is 0 Å². The van der Waals surface area contributed by atoms with Crippen molar-refractivity contribution in [3.05, 3.63) is 30.0 Å². The van der Waals surface area contributed by atoms with Gasteiger partial charge in [-0.3, -0.25) is 4.79 Å². The summed E-state index contributed by atoms with van der Waals surface area (Å²) >= 11 is 0. The Kier molecular flexibility index (Phi) is 2.91. The lowest BCUT2D eigenvalue weighted by molar-refractivity contribution is 0.0709. The number of hydrogen-bond acceptors (Lipinski definition) is 3. The molecule has 1 amide bonds. The fourth-order valence-electron chi connectivity index (χ4n) is 2.42. The standard InChI is InChI=1S/C14H17N3O2/c15-9-1-4-11-12(8-16-13(11)7-9)14(19)17(5-6-18)10-2-3-10/h1,4,7-8,10,16,18H,2-3,5-6,15H2. The molecule has 3 rings (SSSR count). The molecule has 19 heavy (non-hydrogen) atoms. The summed E-state index contributed by atoms with van der Waals surface area (Å²) in [5, 5.41) is 9.97. The van der Waals surface area contributed by atoms with Crippen LogP contribution >= 0.6 is 0 Å². The zero-order chi connectivity index (χ0) is 13.4. The maximum atomic E-state index is 12.5. The van der Waals surface area contributed by atoms with Gasteiger partial charge in [-0.05, 0) is 31.0 Å². The molecule has 1 heterocycles. The van der Waals surface area contributed by atoms with E-state index in [1.165, 1.54) is 0 Å². The highest BCUT2D eigenvalue weighted by Crippen LogP contribution is 2.30. The first-order chi connectivity index (χ1) is 9.20. The molecule has 1 aliphatic rings. The largest absolute Gasteiger partial charge is 0.399 e. The molecule has 0 bridgehead atoms. The number of hydrogen-bond donors (Lipinski definition) is 3. The third-order valence-electron chi connectivity index (χ3n) is 3.53. The van der Waals surface area contributed by atoms with Crippen LogP contribution in [0.25, 0.3) is 10.9 Å². The van der Waals surface area contributed by atoms with Crippen LogP contribution in [0.4, 0.5) is 5.69 Å². The van der Waals surface area contributed by atoms with Crippen LogP contribution in [0.15, 0.2) is 24.4 Å². The number of nitrogens with one attached hydrogen (secondary N) is 1. The van der Waals surface area contributed by atoms with E-state index in [0.29, 0.717) is 23.8 Å². The van der Waals surface area contributed by atoms with Gasteiger partial charge in [0.25, 0.3) is 5.91 Å². The van der Waals surface area contributed by atoms with Gasteiger partial charge in [0.05, 0.1) is 12.2 Å². The van der Waals surface area contributed by atoms with Gasteiger partial charge in [0, 0.05) is 35.4 Å². The van der Waals surface area contributed by atoms with Crippen LogP contribution in [0.1, 0.15) is 23.2 Å². The SMILES string of the molecule is Nc1ccc2c(C(=O)N(CCO)C3CC3)c[nH]c2c1. The average Bonchev–Trinajstić information content (AvgIpc) is 3.15. The molecular formula is C14H17N3O2. The molecule has 0 aliphatic heterocycles. The van der Waals surface area contributed by atoms with E-state index in [1.54, 1.807) is 17.2 Å². The summed E-state index contributed by atoms with van der Waals surface area (Å²) in [5.41, 5.74) is 7.91. The third-order valence-corrected chi connectivity index (χ3v) is 3.53. The molecule has 4 N–H and O–H groups in total. The first-order valence-electron chi connectivity index (χ1n) is 6.49. The van der Waals surface area contributed by atoms with Crippen molar-refractivity contribution in [2.45, 2.75) is 18.9 Å². The molecule has 1 fully saturated rings. The Balaban J connectivity index is 1.96. The Hall–Kier alpha value is -2.01. The van der Waals surface area contributed by atoms with E-state index in [4.69, 9.17) is 10.8 Å². The van der Waals surface area contributed by atoms with Gasteiger partial charge in [0.15, 0.2) is 0 Å². The van der Waals surface area contributed by atoms with Gasteiger partial charge in [-0.1, -0.05) is 0 Å². The van der Waals surface area contributed by atoms with Crippen LogP contribution in [0.2, 0.25) is 0 Å². The number of benzene rings is 1. The number of nitrogen functional groups attached to an aromatic ring is 1. The molecule has 0 saturated heterocycles. The smallest absolute Gasteiger partial charge is 0.256 e. The number of fused-ring (bicyclic) bond motifs is 1. The van der Waals surface area contributed by atoms with E-state index in [1.807, 2.05) is 12.1 Å². The fraction of sp³-hybridized carbons (Fsp3) is 0.357. The van der Waals surface area contributed by atoms with Crippen molar-refractivity contribution in [3.63, 3.8) is 0 Å². The first kappa shape index (κ1) is 12.0. The molecule has 100 valence electrons. The molecule has 1 aliphatic carbocycles. The predicted molar refractivity (Wildman–Crippen MR) is 73.9 cm³/mol. The maximum absolute atomic E-state index is 12.5. The van der Waals surface area contributed by atoms with Crippen LogP contribution in [0, 0.1) is 0 Å². The topological polar surface area (TPSA) is 82.3 Å². The van der Waals surface area contributed by atoms with E-state index < -0.39 is 0 Å². The lowest BCUT2D eigenvalue weighted by atomic mass is 10.1. The summed E-state index contributed by atoms with van der Waals surface area (Å²) in [6.07, 6.45) is 3.78. The predicted octanol–water partition coefficient (Wildman–Crippen LogP) is 1.35. The average molecular weight is 259 g/mol. The molecule has 0 radical (unpaired) electrons. The zero-order valence-corrected chi connectivity index (χ0v) is 10.6. The normalized spacial score (nSPS) is 14.8. The number of carbonyl (C=O) groups is 1. The second-order valence-electron chi connectivity index (χ2n) is 4.96. The number of aromatic amines is 1. The van der Waals surface area contributed by atoms with E-state index >= 15 is 0 Å². The number of nitrogens with zero attached hydrogens (tertiary/aromatic N) is 1. The Labute approximate surface area is 111 Å². The summed E-state index contributed by atoms with van der Waals surface area (Å²) in [7, 11) is 0. The number of rotatable bonds is 4. The van der Waals surface area contributed by atoms with Crippen LogP contribution in [-0.4, -0.2) is 40.1 Å². The molecule has 5 nitrogen and oxygen atoms in total. The van der Waals surface area contributed by atoms with Crippen LogP contribution in [0.3, 0.4) is 0 Å². The molecule has 1 saturated carbocycles. The molecule has 1 aromatic heterocycles. The first-order valence-corrected chi connectivity index (χ1v) is 6.49. The summed E-state index contributed by atoms with van der Waals surface area (Å²) in [5.74, 6) is -0.0208. The summed E-state index contributed by atoms with van der Waals surface area (Å²) in [4.78, 5) is 17.4. The number of nitrogens with two attached hydrogens (primary N) is 1. The van der Waals surface area contributed by atoms with Crippen molar-refractivity contribution < 1.29 is 9.90 Å². The van der Waals surface area contributed by atoms with Crippen molar-refractivity contribution >= 4 is 22.5 Å². The summed E-state index contributed by atoms with van der Waals surface area (Å²) in [6, 6.07) is 5.76. The zero-order valence-electron chi connectivity index (χ0n) is 10.6. The molecule has 0 unspecified atom stereocenters. The van der Waals surface area contributed by atoms with Gasteiger partial charge < -0.3 is 20.7 Å². The van der Waals surface area contributed by atoms with Crippen LogP contribution < -0.4 is 5.73 Å². The van der Waals surface area contributed by atoms with E-state index in [0.717, 1.165) is 23.7 Å². The highest BCUT2D eigenvalue weighted by atomic mass is 16.3. The van der Waals surface area contributed by atoms with Crippen molar-refractivity contribution in [1.82, 2.24) is 9.88 Å². The number of anilines is 1. The summed E-state index contributed by atoms with van der Waals surface area (Å²) in [6.45, 7) is 0.392. The number of aliphatic hydroxyl groups is 1. The number of aliphatic hydroxyl groups excluding tert-OH is 1. The third kappa shape index (κ3) is 2.17. The maximum Gasteiger partial charge on any atom is 0.256 e. The monoisotopic (exact) mass is 259 g/mol. The van der Waals surface area contributed by atoms with Crippen molar-refractivity contribution in [1.29, 1.82) is 0 Å². The lowest BCUT2D eigenvalue weighted by Gasteiger charge is -2.20. The Morgan fingerprint density at radius 3 is 2.95 bits per heavy atom. The lowest BCUT2D eigenvalue weighted by Crippen LogP contribution is -2.35. The highest BCUT2D eigenvalue weighted by molar-refractivity contribution is 6.07. The summed E-state index contributed by atoms with van der Waals surface area (Å²) < 4.78 is 0. The van der Waals surface area contributed by atoms with Crippen LogP contribution in [0.5, 0.6) is 0 Å². The molecule has 5 heteroatoms. The van der Waals surface area contributed by atoms with Gasteiger partial charge >= 0.3 is 0 Å². The van der Waals surface area contributed by atoms with Gasteiger partial charge in [-0.2, -0.15) is 0 Å². The van der Waals surface area contributed by atoms with Crippen molar-refractivity contribution in [2.75, 3.05) is 18.9 Å². The van der Waals surface area contributed by atoms with Gasteiger partial charge in [0.2, 0.25) is 0 Å².